The fourth-order valence-electron chi connectivity index (χ4n) is 1.67. The van der Waals surface area contributed by atoms with Crippen molar-refractivity contribution in [2.45, 2.75) is 18.2 Å². The zero-order valence-corrected chi connectivity index (χ0v) is 11.9. The van der Waals surface area contributed by atoms with Crippen LogP contribution in [0.2, 0.25) is 0 Å². The molecule has 102 valence electrons. The lowest BCUT2D eigenvalue weighted by molar-refractivity contribution is 0.195. The van der Waals surface area contributed by atoms with Crippen LogP contribution in [0.1, 0.15) is 12.0 Å². The number of benzene rings is 1. The van der Waals surface area contributed by atoms with E-state index in [1.807, 2.05) is 12.1 Å². The molecule has 1 unspecified atom stereocenters. The molecular weight excluding hydrogens is 250 g/mol. The molecule has 1 aromatic carbocycles. The molecule has 0 saturated heterocycles. The van der Waals surface area contributed by atoms with Gasteiger partial charge in [-0.05, 0) is 43.6 Å². The summed E-state index contributed by atoms with van der Waals surface area (Å²) in [5, 5.41) is 3.48. The van der Waals surface area contributed by atoms with E-state index in [2.05, 4.69) is 17.4 Å². The largest absolute Gasteiger partial charge is 0.497 e. The second kappa shape index (κ2) is 9.20. The van der Waals surface area contributed by atoms with E-state index >= 15 is 0 Å². The van der Waals surface area contributed by atoms with Gasteiger partial charge in [-0.25, -0.2) is 0 Å². The molecule has 0 aliphatic heterocycles. The molecule has 1 N–H and O–H groups in total. The van der Waals surface area contributed by atoms with Gasteiger partial charge in [0.05, 0.1) is 19.1 Å². The van der Waals surface area contributed by atoms with Crippen molar-refractivity contribution in [3.05, 3.63) is 29.8 Å². The molecule has 0 aliphatic carbocycles. The summed E-state index contributed by atoms with van der Waals surface area (Å²) < 4.78 is 10.1. The standard InChI is InChI=1S/C14H22ClNO2/c1-17-11-13(15)8-10-16-9-7-12-3-5-14(18-2)6-4-12/h3-6,13,16H,7-11H2,1-2H3. The fraction of sp³-hybridized carbons (Fsp3) is 0.571. The Morgan fingerprint density at radius 2 is 1.89 bits per heavy atom. The highest BCUT2D eigenvalue weighted by Gasteiger charge is 2.02. The second-order valence-electron chi connectivity index (χ2n) is 4.19. The van der Waals surface area contributed by atoms with Crippen LogP contribution in [0.5, 0.6) is 5.75 Å². The zero-order valence-electron chi connectivity index (χ0n) is 11.1. The number of hydrogen-bond acceptors (Lipinski definition) is 3. The third kappa shape index (κ3) is 6.24. The van der Waals surface area contributed by atoms with E-state index in [-0.39, 0.29) is 5.38 Å². The molecule has 0 bridgehead atoms. The third-order valence-corrected chi connectivity index (χ3v) is 3.08. The van der Waals surface area contributed by atoms with E-state index in [0.717, 1.165) is 31.7 Å². The normalized spacial score (nSPS) is 12.4. The Kier molecular flexibility index (Phi) is 7.81. The average Bonchev–Trinajstić information content (AvgIpc) is 2.39. The van der Waals surface area contributed by atoms with Crippen molar-refractivity contribution >= 4 is 11.6 Å². The monoisotopic (exact) mass is 271 g/mol. The SMILES string of the molecule is COCC(Cl)CCNCCc1ccc(OC)cc1. The van der Waals surface area contributed by atoms with E-state index in [4.69, 9.17) is 21.1 Å². The highest BCUT2D eigenvalue weighted by Crippen LogP contribution is 2.11. The first-order valence-corrected chi connectivity index (χ1v) is 6.66. The molecule has 0 saturated carbocycles. The Labute approximate surface area is 114 Å². The molecule has 1 atom stereocenters. The zero-order chi connectivity index (χ0) is 13.2. The van der Waals surface area contributed by atoms with Gasteiger partial charge < -0.3 is 14.8 Å². The molecule has 0 fully saturated rings. The molecule has 0 aliphatic rings. The smallest absolute Gasteiger partial charge is 0.118 e. The molecule has 0 amide bonds. The highest BCUT2D eigenvalue weighted by molar-refractivity contribution is 6.20. The summed E-state index contributed by atoms with van der Waals surface area (Å²) in [7, 11) is 3.35. The van der Waals surface area contributed by atoms with Crippen LogP contribution in [0.3, 0.4) is 0 Å². The van der Waals surface area contributed by atoms with E-state index in [0.29, 0.717) is 6.61 Å². The van der Waals surface area contributed by atoms with E-state index in [1.54, 1.807) is 14.2 Å². The van der Waals surface area contributed by atoms with Crippen molar-refractivity contribution in [3.63, 3.8) is 0 Å². The minimum atomic E-state index is 0.100. The third-order valence-electron chi connectivity index (χ3n) is 2.73. The van der Waals surface area contributed by atoms with E-state index in [1.165, 1.54) is 5.56 Å². The molecule has 4 heteroatoms. The maximum Gasteiger partial charge on any atom is 0.118 e. The van der Waals surface area contributed by atoms with Crippen molar-refractivity contribution in [3.8, 4) is 5.75 Å². The molecule has 1 aromatic rings. The predicted molar refractivity (Wildman–Crippen MR) is 75.7 cm³/mol. The van der Waals surface area contributed by atoms with Gasteiger partial charge in [0, 0.05) is 7.11 Å². The summed E-state index contributed by atoms with van der Waals surface area (Å²) in [5.74, 6) is 0.899. The molecule has 0 aromatic heterocycles. The van der Waals surface area contributed by atoms with Gasteiger partial charge in [0.1, 0.15) is 5.75 Å². The first kappa shape index (κ1) is 15.3. The molecule has 0 heterocycles. The minimum Gasteiger partial charge on any atom is -0.497 e. The van der Waals surface area contributed by atoms with Crippen molar-refractivity contribution in [1.82, 2.24) is 5.32 Å². The fourth-order valence-corrected chi connectivity index (χ4v) is 1.91. The Bertz CT molecular complexity index is 316. The first-order valence-electron chi connectivity index (χ1n) is 6.23. The first-order chi connectivity index (χ1) is 8.76. The number of ether oxygens (including phenoxy) is 2. The Morgan fingerprint density at radius 1 is 1.17 bits per heavy atom. The summed E-state index contributed by atoms with van der Waals surface area (Å²) in [6, 6.07) is 8.16. The number of alkyl halides is 1. The van der Waals surface area contributed by atoms with Crippen molar-refractivity contribution in [1.29, 1.82) is 0 Å². The summed E-state index contributed by atoms with van der Waals surface area (Å²) in [6.07, 6.45) is 1.94. The number of rotatable bonds is 9. The van der Waals surface area contributed by atoms with Gasteiger partial charge in [-0.1, -0.05) is 12.1 Å². The molecular formula is C14H22ClNO2. The summed E-state index contributed by atoms with van der Waals surface area (Å²) in [5.41, 5.74) is 1.31. The Balaban J connectivity index is 2.10. The lowest BCUT2D eigenvalue weighted by atomic mass is 10.1. The number of methoxy groups -OCH3 is 2. The quantitative estimate of drug-likeness (QED) is 0.553. The topological polar surface area (TPSA) is 30.5 Å². The molecule has 18 heavy (non-hydrogen) atoms. The number of nitrogens with one attached hydrogen (secondary N) is 1. The van der Waals surface area contributed by atoms with E-state index in [9.17, 15) is 0 Å². The van der Waals surface area contributed by atoms with Crippen LogP contribution in [0.15, 0.2) is 24.3 Å². The minimum absolute atomic E-state index is 0.100. The van der Waals surface area contributed by atoms with Crippen molar-refractivity contribution in [2.24, 2.45) is 0 Å². The molecule has 3 nitrogen and oxygen atoms in total. The number of halogens is 1. The summed E-state index contributed by atoms with van der Waals surface area (Å²) in [6.45, 7) is 2.50. The maximum atomic E-state index is 6.03. The van der Waals surface area contributed by atoms with Gasteiger partial charge >= 0.3 is 0 Å². The van der Waals surface area contributed by atoms with Gasteiger partial charge in [0.2, 0.25) is 0 Å². The van der Waals surface area contributed by atoms with Crippen LogP contribution in [0, 0.1) is 0 Å². The molecule has 0 radical (unpaired) electrons. The predicted octanol–water partition coefficient (Wildman–Crippen LogP) is 2.47. The molecule has 1 rings (SSSR count). The van der Waals surface area contributed by atoms with Gasteiger partial charge in [-0.15, -0.1) is 11.6 Å². The lowest BCUT2D eigenvalue weighted by Crippen LogP contribution is -2.22. The lowest BCUT2D eigenvalue weighted by Gasteiger charge is -2.09. The van der Waals surface area contributed by atoms with Crippen LogP contribution in [-0.2, 0) is 11.2 Å². The van der Waals surface area contributed by atoms with Crippen LogP contribution >= 0.6 is 11.6 Å². The van der Waals surface area contributed by atoms with Crippen molar-refractivity contribution in [2.75, 3.05) is 33.9 Å². The van der Waals surface area contributed by atoms with Crippen LogP contribution in [-0.4, -0.2) is 39.3 Å². The number of hydrogen-bond donors (Lipinski definition) is 1. The van der Waals surface area contributed by atoms with Gasteiger partial charge in [-0.3, -0.25) is 0 Å². The van der Waals surface area contributed by atoms with Gasteiger partial charge in [-0.2, -0.15) is 0 Å². The summed E-state index contributed by atoms with van der Waals surface area (Å²) in [4.78, 5) is 0. The van der Waals surface area contributed by atoms with Gasteiger partial charge in [0.15, 0.2) is 0 Å². The van der Waals surface area contributed by atoms with E-state index < -0.39 is 0 Å². The Morgan fingerprint density at radius 3 is 2.50 bits per heavy atom. The molecule has 0 spiro atoms. The second-order valence-corrected chi connectivity index (χ2v) is 4.81. The van der Waals surface area contributed by atoms with Crippen LogP contribution < -0.4 is 10.1 Å². The Hall–Kier alpha value is -0.770. The van der Waals surface area contributed by atoms with Crippen LogP contribution in [0.4, 0.5) is 0 Å². The maximum absolute atomic E-state index is 6.03. The average molecular weight is 272 g/mol. The highest BCUT2D eigenvalue weighted by atomic mass is 35.5. The van der Waals surface area contributed by atoms with Gasteiger partial charge in [0.25, 0.3) is 0 Å². The van der Waals surface area contributed by atoms with Crippen molar-refractivity contribution < 1.29 is 9.47 Å². The summed E-state index contributed by atoms with van der Waals surface area (Å²) >= 11 is 6.03. The van der Waals surface area contributed by atoms with Crippen LogP contribution in [0.25, 0.3) is 0 Å².